The largest absolute Gasteiger partial charge is 0.320 e. The van der Waals surface area contributed by atoms with Crippen molar-refractivity contribution < 1.29 is 4.79 Å². The van der Waals surface area contributed by atoms with E-state index in [1.165, 1.54) is 6.20 Å². The molecule has 0 aliphatic heterocycles. The Morgan fingerprint density at radius 1 is 1.22 bits per heavy atom. The molecule has 3 rings (SSSR count). The number of pyridine rings is 1. The quantitative estimate of drug-likeness (QED) is 0.711. The summed E-state index contributed by atoms with van der Waals surface area (Å²) in [6.07, 6.45) is 3.03. The smallest absolute Gasteiger partial charge is 0.277 e. The molecule has 0 radical (unpaired) electrons. The fourth-order valence-corrected chi connectivity index (χ4v) is 1.70. The molecule has 0 aliphatic rings. The van der Waals surface area contributed by atoms with E-state index in [9.17, 15) is 4.79 Å². The van der Waals surface area contributed by atoms with Crippen LogP contribution in [0.15, 0.2) is 42.7 Å². The minimum atomic E-state index is -0.305. The van der Waals surface area contributed by atoms with Crippen LogP contribution in [0.5, 0.6) is 0 Å². The van der Waals surface area contributed by atoms with Crippen molar-refractivity contribution in [1.82, 2.24) is 20.4 Å². The molecular formula is C12H9N5O. The molecule has 0 bridgehead atoms. The number of hydrogen-bond donors (Lipinski definition) is 2. The van der Waals surface area contributed by atoms with Crippen molar-refractivity contribution in [3.63, 3.8) is 0 Å². The van der Waals surface area contributed by atoms with E-state index in [1.54, 1.807) is 12.3 Å². The molecule has 3 aromatic rings. The SMILES string of the molecule is O=C(Nc1ccnc2ccccc12)c1cn[nH]n1. The zero-order chi connectivity index (χ0) is 12.4. The summed E-state index contributed by atoms with van der Waals surface area (Å²) in [4.78, 5) is 16.1. The van der Waals surface area contributed by atoms with Crippen molar-refractivity contribution in [2.24, 2.45) is 0 Å². The third kappa shape index (κ3) is 1.80. The number of aromatic amines is 1. The second-order valence-corrected chi connectivity index (χ2v) is 3.69. The lowest BCUT2D eigenvalue weighted by atomic mass is 10.2. The predicted octanol–water partition coefficient (Wildman–Crippen LogP) is 1.61. The van der Waals surface area contributed by atoms with E-state index in [0.29, 0.717) is 5.69 Å². The van der Waals surface area contributed by atoms with E-state index >= 15 is 0 Å². The van der Waals surface area contributed by atoms with Gasteiger partial charge in [-0.3, -0.25) is 9.78 Å². The lowest BCUT2D eigenvalue weighted by Crippen LogP contribution is -2.12. The minimum Gasteiger partial charge on any atom is -0.320 e. The number of anilines is 1. The van der Waals surface area contributed by atoms with Gasteiger partial charge in [0.25, 0.3) is 5.91 Å². The van der Waals surface area contributed by atoms with Crippen molar-refractivity contribution in [3.05, 3.63) is 48.4 Å². The third-order valence-corrected chi connectivity index (χ3v) is 2.54. The Labute approximate surface area is 102 Å². The Balaban J connectivity index is 1.98. The van der Waals surface area contributed by atoms with Crippen LogP contribution in [0.1, 0.15) is 10.5 Å². The molecule has 2 aromatic heterocycles. The summed E-state index contributed by atoms with van der Waals surface area (Å²) in [7, 11) is 0. The normalized spacial score (nSPS) is 10.4. The summed E-state index contributed by atoms with van der Waals surface area (Å²) in [6.45, 7) is 0. The number of H-pyrrole nitrogens is 1. The number of nitrogens with zero attached hydrogens (tertiary/aromatic N) is 3. The lowest BCUT2D eigenvalue weighted by Gasteiger charge is -2.06. The first-order valence-electron chi connectivity index (χ1n) is 5.35. The number of carbonyl (C=O) groups is 1. The van der Waals surface area contributed by atoms with E-state index < -0.39 is 0 Å². The number of benzene rings is 1. The van der Waals surface area contributed by atoms with E-state index in [-0.39, 0.29) is 11.6 Å². The number of carbonyl (C=O) groups excluding carboxylic acids is 1. The first-order chi connectivity index (χ1) is 8.84. The van der Waals surface area contributed by atoms with Gasteiger partial charge in [-0.05, 0) is 12.1 Å². The Hall–Kier alpha value is -2.76. The fraction of sp³-hybridized carbons (Fsp3) is 0. The Morgan fingerprint density at radius 2 is 2.11 bits per heavy atom. The third-order valence-electron chi connectivity index (χ3n) is 2.54. The van der Waals surface area contributed by atoms with Gasteiger partial charge in [-0.1, -0.05) is 18.2 Å². The number of aromatic nitrogens is 4. The molecule has 6 heteroatoms. The Bertz CT molecular complexity index is 687. The zero-order valence-electron chi connectivity index (χ0n) is 9.29. The van der Waals surface area contributed by atoms with Gasteiger partial charge in [0, 0.05) is 11.6 Å². The average Bonchev–Trinajstić information content (AvgIpc) is 2.93. The zero-order valence-corrected chi connectivity index (χ0v) is 9.29. The van der Waals surface area contributed by atoms with E-state index in [1.807, 2.05) is 24.3 Å². The van der Waals surface area contributed by atoms with Crippen molar-refractivity contribution >= 4 is 22.5 Å². The summed E-state index contributed by atoms with van der Waals surface area (Å²) >= 11 is 0. The lowest BCUT2D eigenvalue weighted by molar-refractivity contribution is 0.102. The molecule has 1 aromatic carbocycles. The van der Waals surface area contributed by atoms with Crippen molar-refractivity contribution in [1.29, 1.82) is 0 Å². The number of fused-ring (bicyclic) bond motifs is 1. The van der Waals surface area contributed by atoms with Crippen molar-refractivity contribution in [2.45, 2.75) is 0 Å². The Morgan fingerprint density at radius 3 is 2.94 bits per heavy atom. The topological polar surface area (TPSA) is 83.6 Å². The summed E-state index contributed by atoms with van der Waals surface area (Å²) in [5, 5.41) is 13.4. The van der Waals surface area contributed by atoms with Gasteiger partial charge in [-0.15, -0.1) is 0 Å². The van der Waals surface area contributed by atoms with E-state index in [2.05, 4.69) is 25.7 Å². The van der Waals surface area contributed by atoms with Gasteiger partial charge >= 0.3 is 0 Å². The van der Waals surface area contributed by atoms with Crippen LogP contribution in [0.2, 0.25) is 0 Å². The monoisotopic (exact) mass is 239 g/mol. The molecule has 0 saturated carbocycles. The second-order valence-electron chi connectivity index (χ2n) is 3.69. The van der Waals surface area contributed by atoms with E-state index in [0.717, 1.165) is 10.9 Å². The number of hydrogen-bond acceptors (Lipinski definition) is 4. The Kier molecular flexibility index (Phi) is 2.45. The van der Waals surface area contributed by atoms with Gasteiger partial charge in [0.05, 0.1) is 17.4 Å². The maximum Gasteiger partial charge on any atom is 0.277 e. The maximum atomic E-state index is 11.9. The number of nitrogens with one attached hydrogen (secondary N) is 2. The standard InChI is InChI=1S/C12H9N5O/c18-12(11-7-14-17-16-11)15-10-5-6-13-9-4-2-1-3-8(9)10/h1-7H,(H,13,15,18)(H,14,16,17). The number of rotatable bonds is 2. The van der Waals surface area contributed by atoms with Gasteiger partial charge < -0.3 is 5.32 Å². The summed E-state index contributed by atoms with van der Waals surface area (Å²) < 4.78 is 0. The first-order valence-corrected chi connectivity index (χ1v) is 5.35. The van der Waals surface area contributed by atoms with E-state index in [4.69, 9.17) is 0 Å². The van der Waals surface area contributed by atoms with Crippen LogP contribution in [0.3, 0.4) is 0 Å². The first kappa shape index (κ1) is 10.4. The van der Waals surface area contributed by atoms with Crippen LogP contribution < -0.4 is 5.32 Å². The highest BCUT2D eigenvalue weighted by atomic mass is 16.2. The molecule has 88 valence electrons. The molecule has 0 fully saturated rings. The molecule has 0 unspecified atom stereocenters. The van der Waals surface area contributed by atoms with Gasteiger partial charge in [-0.25, -0.2) is 0 Å². The highest BCUT2D eigenvalue weighted by Crippen LogP contribution is 2.21. The van der Waals surface area contributed by atoms with Crippen LogP contribution in [-0.2, 0) is 0 Å². The molecule has 18 heavy (non-hydrogen) atoms. The predicted molar refractivity (Wildman–Crippen MR) is 66.1 cm³/mol. The van der Waals surface area contributed by atoms with Gasteiger partial charge in [0.15, 0.2) is 5.69 Å². The van der Waals surface area contributed by atoms with Gasteiger partial charge in [-0.2, -0.15) is 15.4 Å². The van der Waals surface area contributed by atoms with Gasteiger partial charge in [0.2, 0.25) is 0 Å². The molecule has 1 amide bonds. The number of amides is 1. The van der Waals surface area contributed by atoms with Crippen LogP contribution in [-0.4, -0.2) is 26.3 Å². The summed E-state index contributed by atoms with van der Waals surface area (Å²) in [5.74, 6) is -0.305. The highest BCUT2D eigenvalue weighted by molar-refractivity contribution is 6.07. The average molecular weight is 239 g/mol. The molecule has 0 saturated heterocycles. The number of para-hydroxylation sites is 1. The molecular weight excluding hydrogens is 230 g/mol. The molecule has 2 N–H and O–H groups in total. The molecule has 0 aliphatic carbocycles. The van der Waals surface area contributed by atoms with Crippen LogP contribution in [0.4, 0.5) is 5.69 Å². The van der Waals surface area contributed by atoms with Crippen LogP contribution in [0, 0.1) is 0 Å². The van der Waals surface area contributed by atoms with Gasteiger partial charge in [0.1, 0.15) is 0 Å². The maximum absolute atomic E-state index is 11.9. The van der Waals surface area contributed by atoms with Crippen LogP contribution >= 0.6 is 0 Å². The van der Waals surface area contributed by atoms with Crippen LogP contribution in [0.25, 0.3) is 10.9 Å². The molecule has 0 atom stereocenters. The highest BCUT2D eigenvalue weighted by Gasteiger charge is 2.10. The summed E-state index contributed by atoms with van der Waals surface area (Å²) in [5.41, 5.74) is 1.78. The van der Waals surface area contributed by atoms with Crippen molar-refractivity contribution in [2.75, 3.05) is 5.32 Å². The fourth-order valence-electron chi connectivity index (χ4n) is 1.70. The molecule has 0 spiro atoms. The molecule has 2 heterocycles. The molecule has 6 nitrogen and oxygen atoms in total. The second kappa shape index (κ2) is 4.25. The van der Waals surface area contributed by atoms with Crippen molar-refractivity contribution in [3.8, 4) is 0 Å². The minimum absolute atomic E-state index is 0.246. The summed E-state index contributed by atoms with van der Waals surface area (Å²) in [6, 6.07) is 9.34.